The Morgan fingerprint density at radius 1 is 0.816 bits per heavy atom. The summed E-state index contributed by atoms with van der Waals surface area (Å²) in [5, 5.41) is 9.85. The van der Waals surface area contributed by atoms with Crippen LogP contribution in [-0.4, -0.2) is 67.1 Å². The van der Waals surface area contributed by atoms with Crippen molar-refractivity contribution in [3.05, 3.63) is 0 Å². The lowest BCUT2D eigenvalue weighted by molar-refractivity contribution is -0.182. The highest BCUT2D eigenvalue weighted by Crippen LogP contribution is 2.44. The van der Waals surface area contributed by atoms with Crippen molar-refractivity contribution in [1.82, 2.24) is 0 Å². The molecule has 1 heterocycles. The largest absolute Gasteiger partial charge is 0.481 e. The van der Waals surface area contributed by atoms with Gasteiger partial charge >= 0.3 is 5.97 Å². The van der Waals surface area contributed by atoms with Crippen LogP contribution in [-0.2, 0) is 22.8 Å². The SMILES string of the molecule is C[C@@H](CC(=O)O)C1OC(CCO[Si](C)(C)C(C)(C)C)C(O[Si](C)(C)C(C)(C)C)CC1O[Si](C)(C)C(C)(C)C. The topological polar surface area (TPSA) is 74.2 Å². The highest BCUT2D eigenvalue weighted by molar-refractivity contribution is 6.75. The molecule has 1 N–H and O–H groups in total. The second-order valence-corrected chi connectivity index (χ2v) is 30.5. The summed E-state index contributed by atoms with van der Waals surface area (Å²) in [6.45, 7) is 36.5. The molecule has 226 valence electrons. The Kier molecular flexibility index (Phi) is 11.8. The number of carbonyl (C=O) groups is 1. The molecule has 1 fully saturated rings. The van der Waals surface area contributed by atoms with Gasteiger partial charge in [-0.05, 0) is 66.7 Å². The zero-order valence-electron chi connectivity index (χ0n) is 27.7. The first-order valence-corrected chi connectivity index (χ1v) is 23.3. The van der Waals surface area contributed by atoms with E-state index >= 15 is 0 Å². The lowest BCUT2D eigenvalue weighted by Crippen LogP contribution is -2.58. The standard InChI is InChI=1S/C29H62O6Si3/c1-21(19-25(30)31)26-24(35-38(15,16)29(8,9)10)20-23(34-37(13,14)28(5,6)7)22(33-26)17-18-32-36(11,12)27(2,3)4/h21-24,26H,17-20H2,1-16H3,(H,30,31)/t21-,22?,23?,24?,26?/m0/s1. The molecule has 5 atom stereocenters. The molecule has 1 rings (SSSR count). The number of hydrogen-bond acceptors (Lipinski definition) is 5. The van der Waals surface area contributed by atoms with Gasteiger partial charge in [0.05, 0.1) is 30.8 Å². The average molecular weight is 591 g/mol. The smallest absolute Gasteiger partial charge is 0.303 e. The molecule has 0 saturated carbocycles. The van der Waals surface area contributed by atoms with Crippen molar-refractivity contribution in [2.45, 2.75) is 167 Å². The van der Waals surface area contributed by atoms with E-state index in [0.717, 1.165) is 12.8 Å². The molecular weight excluding hydrogens is 529 g/mol. The summed E-state index contributed by atoms with van der Waals surface area (Å²) in [4.78, 5) is 11.7. The number of carboxylic acid groups (broad SMARTS) is 1. The van der Waals surface area contributed by atoms with Gasteiger partial charge in [-0.3, -0.25) is 4.79 Å². The van der Waals surface area contributed by atoms with E-state index in [9.17, 15) is 9.90 Å². The molecule has 6 nitrogen and oxygen atoms in total. The van der Waals surface area contributed by atoms with Crippen LogP contribution < -0.4 is 0 Å². The van der Waals surface area contributed by atoms with Crippen LogP contribution in [0.4, 0.5) is 0 Å². The van der Waals surface area contributed by atoms with Gasteiger partial charge in [0.25, 0.3) is 0 Å². The van der Waals surface area contributed by atoms with Crippen LogP contribution in [0, 0.1) is 5.92 Å². The number of hydrogen-bond donors (Lipinski definition) is 1. The molecule has 1 saturated heterocycles. The van der Waals surface area contributed by atoms with Gasteiger partial charge in [0.1, 0.15) is 0 Å². The number of carboxylic acids is 1. The van der Waals surface area contributed by atoms with E-state index in [4.69, 9.17) is 18.0 Å². The third kappa shape index (κ3) is 9.52. The average Bonchev–Trinajstić information content (AvgIpc) is 2.65. The molecule has 1 aliphatic rings. The van der Waals surface area contributed by atoms with Gasteiger partial charge in [0, 0.05) is 13.0 Å². The molecule has 0 aromatic rings. The van der Waals surface area contributed by atoms with Crippen LogP contribution in [0.3, 0.4) is 0 Å². The molecule has 0 bridgehead atoms. The molecule has 4 unspecified atom stereocenters. The number of rotatable bonds is 11. The minimum Gasteiger partial charge on any atom is -0.481 e. The van der Waals surface area contributed by atoms with Crippen molar-refractivity contribution >= 4 is 30.9 Å². The second-order valence-electron chi connectivity index (χ2n) is 16.2. The summed E-state index contributed by atoms with van der Waals surface area (Å²) in [7, 11) is -6.12. The summed E-state index contributed by atoms with van der Waals surface area (Å²) < 4.78 is 27.4. The van der Waals surface area contributed by atoms with Crippen molar-refractivity contribution in [1.29, 1.82) is 0 Å². The molecule has 0 amide bonds. The fraction of sp³-hybridized carbons (Fsp3) is 0.966. The van der Waals surface area contributed by atoms with Crippen LogP contribution in [0.5, 0.6) is 0 Å². The van der Waals surface area contributed by atoms with Crippen LogP contribution in [0.2, 0.25) is 54.4 Å². The van der Waals surface area contributed by atoms with Gasteiger partial charge in [0.15, 0.2) is 25.0 Å². The van der Waals surface area contributed by atoms with Gasteiger partial charge in [0.2, 0.25) is 0 Å². The van der Waals surface area contributed by atoms with Crippen LogP contribution in [0.15, 0.2) is 0 Å². The summed E-state index contributed by atoms with van der Waals surface area (Å²) in [5.74, 6) is -0.968. The monoisotopic (exact) mass is 590 g/mol. The molecule has 1 aliphatic heterocycles. The molecule has 9 heteroatoms. The fourth-order valence-corrected chi connectivity index (χ4v) is 7.79. The molecule has 0 aromatic heterocycles. The van der Waals surface area contributed by atoms with Crippen molar-refractivity contribution < 1.29 is 27.9 Å². The quantitative estimate of drug-likeness (QED) is 0.243. The van der Waals surface area contributed by atoms with E-state index in [1.54, 1.807) is 0 Å². The predicted molar refractivity (Wildman–Crippen MR) is 167 cm³/mol. The van der Waals surface area contributed by atoms with Crippen molar-refractivity contribution in [3.8, 4) is 0 Å². The van der Waals surface area contributed by atoms with Gasteiger partial charge in [-0.1, -0.05) is 69.2 Å². The van der Waals surface area contributed by atoms with Crippen LogP contribution >= 0.6 is 0 Å². The Labute approximate surface area is 238 Å². The highest BCUT2D eigenvalue weighted by atomic mass is 28.4. The van der Waals surface area contributed by atoms with Gasteiger partial charge in [-0.2, -0.15) is 0 Å². The van der Waals surface area contributed by atoms with Crippen molar-refractivity contribution in [2.24, 2.45) is 5.92 Å². The zero-order chi connectivity index (χ0) is 30.1. The lowest BCUT2D eigenvalue weighted by Gasteiger charge is -2.50. The predicted octanol–water partition coefficient (Wildman–Crippen LogP) is 8.45. The lowest BCUT2D eigenvalue weighted by atomic mass is 9.88. The zero-order valence-corrected chi connectivity index (χ0v) is 30.7. The molecule has 38 heavy (non-hydrogen) atoms. The number of aliphatic carboxylic acids is 1. The maximum Gasteiger partial charge on any atom is 0.303 e. The number of ether oxygens (including phenoxy) is 1. The van der Waals surface area contributed by atoms with E-state index < -0.39 is 30.9 Å². The molecule has 0 aliphatic carbocycles. The normalized spacial score (nSPS) is 25.4. The van der Waals surface area contributed by atoms with Crippen molar-refractivity contribution in [3.63, 3.8) is 0 Å². The first-order chi connectivity index (χ1) is 16.7. The van der Waals surface area contributed by atoms with Crippen LogP contribution in [0.1, 0.15) is 88.5 Å². The van der Waals surface area contributed by atoms with E-state index in [0.29, 0.717) is 6.61 Å². The first-order valence-electron chi connectivity index (χ1n) is 14.6. The summed E-state index contributed by atoms with van der Waals surface area (Å²) in [6.07, 6.45) is 0.752. The minimum atomic E-state index is -2.13. The minimum absolute atomic E-state index is 0.0389. The van der Waals surface area contributed by atoms with Gasteiger partial charge in [-0.25, -0.2) is 0 Å². The van der Waals surface area contributed by atoms with E-state index in [1.165, 1.54) is 0 Å². The van der Waals surface area contributed by atoms with E-state index in [-0.39, 0.29) is 51.9 Å². The first kappa shape index (κ1) is 36.0. The molecule has 0 radical (unpaired) electrons. The Hall–Kier alpha value is -0.0394. The maximum absolute atomic E-state index is 11.7. The maximum atomic E-state index is 11.7. The summed E-state index contributed by atoms with van der Waals surface area (Å²) in [5.41, 5.74) is 0. The Bertz CT molecular complexity index is 777. The van der Waals surface area contributed by atoms with Gasteiger partial charge < -0.3 is 23.1 Å². The third-order valence-corrected chi connectivity index (χ3v) is 23.4. The fourth-order valence-electron chi connectivity index (χ4n) is 4.03. The van der Waals surface area contributed by atoms with Crippen molar-refractivity contribution in [2.75, 3.05) is 6.61 Å². The van der Waals surface area contributed by atoms with E-state index in [1.807, 2.05) is 6.92 Å². The van der Waals surface area contributed by atoms with E-state index in [2.05, 4.69) is 102 Å². The third-order valence-electron chi connectivity index (χ3n) is 9.81. The Balaban J connectivity index is 3.37. The second kappa shape index (κ2) is 12.4. The Morgan fingerprint density at radius 3 is 1.63 bits per heavy atom. The van der Waals surface area contributed by atoms with Crippen LogP contribution in [0.25, 0.3) is 0 Å². The Morgan fingerprint density at radius 2 is 1.24 bits per heavy atom. The molecule has 0 spiro atoms. The van der Waals surface area contributed by atoms with Gasteiger partial charge in [-0.15, -0.1) is 0 Å². The highest BCUT2D eigenvalue weighted by Gasteiger charge is 2.49. The summed E-state index contributed by atoms with van der Waals surface area (Å²) in [6, 6.07) is 0. The molecular formula is C29H62O6Si3. The molecule has 0 aromatic carbocycles. The summed E-state index contributed by atoms with van der Waals surface area (Å²) >= 11 is 0.